The van der Waals surface area contributed by atoms with Crippen molar-refractivity contribution in [3.63, 3.8) is 0 Å². The van der Waals surface area contributed by atoms with E-state index in [1.54, 1.807) is 0 Å². The summed E-state index contributed by atoms with van der Waals surface area (Å²) in [6.45, 7) is 1.08. The first-order valence-electron chi connectivity index (χ1n) is 8.86. The van der Waals surface area contributed by atoms with Gasteiger partial charge < -0.3 is 14.8 Å². The van der Waals surface area contributed by atoms with Crippen LogP contribution in [0.5, 0.6) is 11.5 Å². The van der Waals surface area contributed by atoms with Gasteiger partial charge in [0.15, 0.2) is 11.5 Å². The number of hydrogen-bond donors (Lipinski definition) is 1. The molecule has 0 aliphatic carbocycles. The van der Waals surface area contributed by atoms with Crippen LogP contribution in [-0.2, 0) is 9.59 Å². The van der Waals surface area contributed by atoms with E-state index in [-0.39, 0.29) is 41.3 Å². The van der Waals surface area contributed by atoms with Gasteiger partial charge in [-0.15, -0.1) is 0 Å². The summed E-state index contributed by atoms with van der Waals surface area (Å²) in [7, 11) is 1.30. The predicted molar refractivity (Wildman–Crippen MR) is 105 cm³/mol. The van der Waals surface area contributed by atoms with E-state index in [1.807, 2.05) is 13.8 Å². The molecule has 0 atom stereocenters. The normalized spacial score (nSPS) is 15.6. The quantitative estimate of drug-likeness (QED) is 0.606. The number of amides is 3. The molecule has 1 aliphatic heterocycles. The van der Waals surface area contributed by atoms with E-state index in [9.17, 15) is 23.2 Å². The van der Waals surface area contributed by atoms with Crippen LogP contribution in [0.15, 0.2) is 23.1 Å². The van der Waals surface area contributed by atoms with Crippen LogP contribution in [0.2, 0.25) is 0 Å². The summed E-state index contributed by atoms with van der Waals surface area (Å²) >= 11 is 0.768. The number of ether oxygens (including phenoxy) is 2. The number of nitrogens with zero attached hydrogens (tertiary/aromatic N) is 1. The average molecular weight is 428 g/mol. The summed E-state index contributed by atoms with van der Waals surface area (Å²) in [6, 6.07) is 4.20. The number of hydrogen-bond acceptors (Lipinski definition) is 6. The Morgan fingerprint density at radius 1 is 1.28 bits per heavy atom. The number of benzene rings is 1. The summed E-state index contributed by atoms with van der Waals surface area (Å²) in [4.78, 5) is 37.5. The minimum absolute atomic E-state index is 0.0658. The topological polar surface area (TPSA) is 84.9 Å². The van der Waals surface area contributed by atoms with Gasteiger partial charge in [0.1, 0.15) is 0 Å². The third kappa shape index (κ3) is 6.45. The summed E-state index contributed by atoms with van der Waals surface area (Å²) < 4.78 is 34.2. The van der Waals surface area contributed by atoms with Crippen molar-refractivity contribution in [1.82, 2.24) is 10.2 Å². The van der Waals surface area contributed by atoms with Gasteiger partial charge in [-0.1, -0.05) is 19.9 Å². The van der Waals surface area contributed by atoms with E-state index >= 15 is 0 Å². The molecular formula is C19H22F2N2O5S. The molecule has 1 heterocycles. The molecule has 158 valence electrons. The standard InChI is InChI=1S/C19H22F2N2O5S/c1-11(2)8-16(24)22-6-7-23-17(25)15(29-19(23)26)10-12-4-5-13(28-18(20)21)14(9-12)27-3/h4-5,9-11,18H,6-8H2,1-3H3,(H,22,24)/b15-10-. The fourth-order valence-electron chi connectivity index (χ4n) is 2.56. The van der Waals surface area contributed by atoms with Crippen molar-refractivity contribution in [2.45, 2.75) is 26.9 Å². The van der Waals surface area contributed by atoms with Crippen molar-refractivity contribution >= 4 is 34.9 Å². The van der Waals surface area contributed by atoms with E-state index in [2.05, 4.69) is 10.1 Å². The van der Waals surface area contributed by atoms with Crippen LogP contribution in [0.25, 0.3) is 6.08 Å². The minimum atomic E-state index is -2.99. The lowest BCUT2D eigenvalue weighted by molar-refractivity contribution is -0.124. The molecule has 1 fully saturated rings. The number of alkyl halides is 2. The number of rotatable bonds is 9. The third-order valence-corrected chi connectivity index (χ3v) is 4.73. The largest absolute Gasteiger partial charge is 0.493 e. The highest BCUT2D eigenvalue weighted by Crippen LogP contribution is 2.34. The van der Waals surface area contributed by atoms with Crippen molar-refractivity contribution in [2.75, 3.05) is 20.2 Å². The van der Waals surface area contributed by atoms with E-state index < -0.39 is 17.8 Å². The van der Waals surface area contributed by atoms with Gasteiger partial charge in [-0.3, -0.25) is 19.3 Å². The summed E-state index contributed by atoms with van der Waals surface area (Å²) in [6.07, 6.45) is 1.84. The molecule has 1 aromatic carbocycles. The summed E-state index contributed by atoms with van der Waals surface area (Å²) in [5, 5.41) is 2.24. The highest BCUT2D eigenvalue weighted by molar-refractivity contribution is 8.18. The molecule has 3 amide bonds. The van der Waals surface area contributed by atoms with Crippen LogP contribution >= 0.6 is 11.8 Å². The van der Waals surface area contributed by atoms with Crippen LogP contribution in [0.3, 0.4) is 0 Å². The smallest absolute Gasteiger partial charge is 0.387 e. The van der Waals surface area contributed by atoms with Crippen molar-refractivity contribution in [3.05, 3.63) is 28.7 Å². The molecular weight excluding hydrogens is 406 g/mol. The first-order chi connectivity index (χ1) is 13.7. The molecule has 1 saturated heterocycles. The number of carbonyl (C=O) groups is 3. The molecule has 0 saturated carbocycles. The third-order valence-electron chi connectivity index (χ3n) is 3.83. The Labute approximate surface area is 171 Å². The zero-order valence-electron chi connectivity index (χ0n) is 16.2. The van der Waals surface area contributed by atoms with E-state index in [4.69, 9.17) is 4.74 Å². The number of thioether (sulfide) groups is 1. The van der Waals surface area contributed by atoms with Gasteiger partial charge >= 0.3 is 6.61 Å². The molecule has 0 aromatic heterocycles. The Balaban J connectivity index is 2.04. The molecule has 1 aromatic rings. The molecule has 29 heavy (non-hydrogen) atoms. The Hall–Kier alpha value is -2.62. The van der Waals surface area contributed by atoms with Gasteiger partial charge in [0.05, 0.1) is 12.0 Å². The lowest BCUT2D eigenvalue weighted by atomic mass is 10.1. The first kappa shape index (κ1) is 22.7. The number of halogens is 2. The van der Waals surface area contributed by atoms with E-state index in [0.717, 1.165) is 16.7 Å². The van der Waals surface area contributed by atoms with Gasteiger partial charge in [-0.2, -0.15) is 8.78 Å². The first-order valence-corrected chi connectivity index (χ1v) is 9.67. The van der Waals surface area contributed by atoms with E-state index in [1.165, 1.54) is 31.4 Å². The van der Waals surface area contributed by atoms with Crippen molar-refractivity contribution in [3.8, 4) is 11.5 Å². The molecule has 7 nitrogen and oxygen atoms in total. The van der Waals surface area contributed by atoms with Gasteiger partial charge in [-0.25, -0.2) is 0 Å². The van der Waals surface area contributed by atoms with Crippen LogP contribution in [0.1, 0.15) is 25.8 Å². The Morgan fingerprint density at radius 3 is 2.62 bits per heavy atom. The van der Waals surface area contributed by atoms with Crippen molar-refractivity contribution < 1.29 is 32.6 Å². The number of nitrogens with one attached hydrogen (secondary N) is 1. The summed E-state index contributed by atoms with van der Waals surface area (Å²) in [5.74, 6) is -0.466. The molecule has 0 unspecified atom stereocenters. The number of carbonyl (C=O) groups excluding carboxylic acids is 3. The molecule has 1 aliphatic rings. The highest BCUT2D eigenvalue weighted by Gasteiger charge is 2.34. The maximum atomic E-state index is 12.5. The zero-order chi connectivity index (χ0) is 21.6. The van der Waals surface area contributed by atoms with Gasteiger partial charge in [0, 0.05) is 19.5 Å². The lowest BCUT2D eigenvalue weighted by Gasteiger charge is -2.13. The SMILES string of the molecule is COc1cc(/C=C2\SC(=O)N(CCNC(=O)CC(C)C)C2=O)ccc1OC(F)F. The Kier molecular flexibility index (Phi) is 8.00. The van der Waals surface area contributed by atoms with Gasteiger partial charge in [0.2, 0.25) is 5.91 Å². The maximum Gasteiger partial charge on any atom is 0.387 e. The molecule has 0 spiro atoms. The van der Waals surface area contributed by atoms with Gasteiger partial charge in [0.25, 0.3) is 11.1 Å². The summed E-state index contributed by atoms with van der Waals surface area (Å²) in [5.41, 5.74) is 0.485. The second-order valence-electron chi connectivity index (χ2n) is 6.57. The second kappa shape index (κ2) is 10.2. The average Bonchev–Trinajstić information content (AvgIpc) is 2.89. The Bertz CT molecular complexity index is 814. The second-order valence-corrected chi connectivity index (χ2v) is 7.56. The molecule has 0 radical (unpaired) electrons. The number of methoxy groups -OCH3 is 1. The fourth-order valence-corrected chi connectivity index (χ4v) is 3.43. The van der Waals surface area contributed by atoms with Crippen molar-refractivity contribution in [1.29, 1.82) is 0 Å². The molecule has 2 rings (SSSR count). The van der Waals surface area contributed by atoms with Crippen LogP contribution < -0.4 is 14.8 Å². The zero-order valence-corrected chi connectivity index (χ0v) is 17.1. The van der Waals surface area contributed by atoms with Crippen LogP contribution in [0, 0.1) is 5.92 Å². The van der Waals surface area contributed by atoms with E-state index in [0.29, 0.717) is 12.0 Å². The lowest BCUT2D eigenvalue weighted by Crippen LogP contribution is -2.37. The number of imide groups is 1. The minimum Gasteiger partial charge on any atom is -0.493 e. The predicted octanol–water partition coefficient (Wildman–Crippen LogP) is 3.50. The Morgan fingerprint density at radius 2 is 2.00 bits per heavy atom. The fraction of sp³-hybridized carbons (Fsp3) is 0.421. The maximum absolute atomic E-state index is 12.5. The monoisotopic (exact) mass is 428 g/mol. The van der Waals surface area contributed by atoms with Crippen molar-refractivity contribution in [2.24, 2.45) is 5.92 Å². The molecule has 1 N–H and O–H groups in total. The van der Waals surface area contributed by atoms with Gasteiger partial charge in [-0.05, 0) is 41.5 Å². The molecule has 10 heteroatoms. The molecule has 0 bridgehead atoms. The highest BCUT2D eigenvalue weighted by atomic mass is 32.2. The van der Waals surface area contributed by atoms with Crippen LogP contribution in [-0.4, -0.2) is 48.8 Å². The van der Waals surface area contributed by atoms with Crippen LogP contribution in [0.4, 0.5) is 13.6 Å².